The molecule has 0 spiro atoms. The van der Waals surface area contributed by atoms with Gasteiger partial charge in [0.2, 0.25) is 0 Å². The fraction of sp³-hybridized carbons (Fsp3) is 0.286. The van der Waals surface area contributed by atoms with Gasteiger partial charge in [0.05, 0.1) is 19.3 Å². The molecule has 2 rings (SSSR count). The van der Waals surface area contributed by atoms with Crippen molar-refractivity contribution in [2.24, 2.45) is 0 Å². The molecule has 0 amide bonds. The Balaban J connectivity index is 1.95. The Morgan fingerprint density at radius 2 is 2.05 bits per heavy atom. The Morgan fingerprint density at radius 3 is 2.71 bits per heavy atom. The Labute approximate surface area is 121 Å². The summed E-state index contributed by atoms with van der Waals surface area (Å²) in [5.74, 6) is 0.646. The van der Waals surface area contributed by atoms with Gasteiger partial charge in [0.15, 0.2) is 5.82 Å². The van der Waals surface area contributed by atoms with Gasteiger partial charge in [-0.05, 0) is 18.6 Å². The first kappa shape index (κ1) is 14.7. The quantitative estimate of drug-likeness (QED) is 0.637. The van der Waals surface area contributed by atoms with Crippen molar-refractivity contribution in [2.45, 2.75) is 12.8 Å². The number of carbonyl (C=O) groups is 1. The van der Waals surface area contributed by atoms with Gasteiger partial charge < -0.3 is 14.6 Å². The maximum absolute atomic E-state index is 10.9. The van der Waals surface area contributed by atoms with E-state index in [-0.39, 0.29) is 11.7 Å². The first-order valence-corrected chi connectivity index (χ1v) is 6.35. The summed E-state index contributed by atoms with van der Waals surface area (Å²) in [4.78, 5) is 22.6. The van der Waals surface area contributed by atoms with E-state index in [1.807, 2.05) is 0 Å². The maximum Gasteiger partial charge on any atom is 0.305 e. The van der Waals surface area contributed by atoms with Crippen LogP contribution in [0.5, 0.6) is 11.5 Å². The van der Waals surface area contributed by atoms with Crippen molar-refractivity contribution in [2.75, 3.05) is 13.7 Å². The molecule has 2 aromatic rings. The number of hydrogen-bond acceptors (Lipinski definition) is 7. The average molecular weight is 289 g/mol. The monoisotopic (exact) mass is 289 g/mol. The second-order valence-corrected chi connectivity index (χ2v) is 4.17. The van der Waals surface area contributed by atoms with E-state index < -0.39 is 0 Å². The van der Waals surface area contributed by atoms with Gasteiger partial charge >= 0.3 is 5.97 Å². The number of esters is 1. The van der Waals surface area contributed by atoms with E-state index in [1.165, 1.54) is 25.8 Å². The van der Waals surface area contributed by atoms with E-state index in [0.29, 0.717) is 36.6 Å². The number of ether oxygens (including phenoxy) is 2. The number of rotatable bonds is 6. The van der Waals surface area contributed by atoms with Crippen LogP contribution in [0, 0.1) is 0 Å². The van der Waals surface area contributed by atoms with Crippen LogP contribution >= 0.6 is 0 Å². The molecule has 0 aliphatic carbocycles. The van der Waals surface area contributed by atoms with Gasteiger partial charge in [0, 0.05) is 12.5 Å². The summed E-state index contributed by atoms with van der Waals surface area (Å²) in [5, 5.41) is 9.97. The Bertz CT molecular complexity index is 604. The number of phenolic OH excluding ortho intramolecular Hbond substituents is 1. The van der Waals surface area contributed by atoms with E-state index in [1.54, 1.807) is 12.1 Å². The summed E-state index contributed by atoms with van der Waals surface area (Å²) in [6.45, 7) is 0.361. The van der Waals surface area contributed by atoms with Gasteiger partial charge in [0.25, 0.3) is 0 Å². The summed E-state index contributed by atoms with van der Waals surface area (Å²) in [6, 6.07) is 4.86. The van der Waals surface area contributed by atoms with Crippen LogP contribution in [0.3, 0.4) is 0 Å². The van der Waals surface area contributed by atoms with Gasteiger partial charge in [0.1, 0.15) is 24.2 Å². The second-order valence-electron chi connectivity index (χ2n) is 4.17. The molecule has 0 aliphatic heterocycles. The normalized spacial score (nSPS) is 10.1. The number of aromatic nitrogens is 3. The van der Waals surface area contributed by atoms with E-state index in [4.69, 9.17) is 4.74 Å². The molecule has 0 aliphatic rings. The van der Waals surface area contributed by atoms with E-state index in [2.05, 4.69) is 19.7 Å². The zero-order valence-corrected chi connectivity index (χ0v) is 11.5. The first-order chi connectivity index (χ1) is 10.2. The molecule has 0 radical (unpaired) electrons. The predicted octanol–water partition coefficient (Wildman–Crippen LogP) is 1.58. The zero-order chi connectivity index (χ0) is 15.1. The van der Waals surface area contributed by atoms with Crippen LogP contribution < -0.4 is 4.74 Å². The van der Waals surface area contributed by atoms with Crippen LogP contribution in [0.1, 0.15) is 12.8 Å². The summed E-state index contributed by atoms with van der Waals surface area (Å²) >= 11 is 0. The van der Waals surface area contributed by atoms with Crippen LogP contribution in [0.25, 0.3) is 11.4 Å². The molecule has 0 saturated heterocycles. The minimum absolute atomic E-state index is 0.0201. The van der Waals surface area contributed by atoms with E-state index in [0.717, 1.165) is 0 Å². The van der Waals surface area contributed by atoms with Crippen molar-refractivity contribution >= 4 is 5.97 Å². The minimum atomic E-state index is -0.272. The minimum Gasteiger partial charge on any atom is -0.507 e. The lowest BCUT2D eigenvalue weighted by molar-refractivity contribution is -0.140. The molecule has 1 heterocycles. The SMILES string of the molecule is COC(=O)CCCOc1ccc(-c2ncncn2)c(O)c1. The molecule has 0 atom stereocenters. The van der Waals surface area contributed by atoms with Crippen molar-refractivity contribution in [3.05, 3.63) is 30.9 Å². The molecule has 1 aromatic heterocycles. The Hall–Kier alpha value is -2.70. The van der Waals surface area contributed by atoms with Gasteiger partial charge in [-0.2, -0.15) is 0 Å². The number of phenols is 1. The number of methoxy groups -OCH3 is 1. The van der Waals surface area contributed by atoms with Crippen molar-refractivity contribution in [1.29, 1.82) is 0 Å². The molecular formula is C14H15N3O4. The van der Waals surface area contributed by atoms with Crippen LogP contribution in [-0.2, 0) is 9.53 Å². The fourth-order valence-corrected chi connectivity index (χ4v) is 1.68. The first-order valence-electron chi connectivity index (χ1n) is 6.35. The van der Waals surface area contributed by atoms with Crippen LogP contribution in [0.15, 0.2) is 30.9 Å². The summed E-state index contributed by atoms with van der Waals surface area (Å²) in [5.41, 5.74) is 0.499. The van der Waals surface area contributed by atoms with Gasteiger partial charge in [-0.3, -0.25) is 4.79 Å². The van der Waals surface area contributed by atoms with E-state index >= 15 is 0 Å². The van der Waals surface area contributed by atoms with Crippen LogP contribution in [0.4, 0.5) is 0 Å². The average Bonchev–Trinajstić information content (AvgIpc) is 2.52. The molecule has 110 valence electrons. The summed E-state index contributed by atoms with van der Waals surface area (Å²) in [7, 11) is 1.35. The van der Waals surface area contributed by atoms with Gasteiger partial charge in [-0.25, -0.2) is 15.0 Å². The predicted molar refractivity (Wildman–Crippen MR) is 73.7 cm³/mol. The highest BCUT2D eigenvalue weighted by molar-refractivity contribution is 5.69. The lowest BCUT2D eigenvalue weighted by Gasteiger charge is -2.08. The van der Waals surface area contributed by atoms with Crippen molar-refractivity contribution in [3.63, 3.8) is 0 Å². The van der Waals surface area contributed by atoms with Crippen LogP contribution in [-0.4, -0.2) is 39.7 Å². The fourth-order valence-electron chi connectivity index (χ4n) is 1.68. The number of hydrogen-bond donors (Lipinski definition) is 1. The molecule has 0 unspecified atom stereocenters. The maximum atomic E-state index is 10.9. The molecule has 1 aromatic carbocycles. The third-order valence-corrected chi connectivity index (χ3v) is 2.73. The highest BCUT2D eigenvalue weighted by Gasteiger charge is 2.08. The second kappa shape index (κ2) is 7.18. The number of aromatic hydroxyl groups is 1. The van der Waals surface area contributed by atoms with Gasteiger partial charge in [-0.15, -0.1) is 0 Å². The molecule has 1 N–H and O–H groups in total. The highest BCUT2D eigenvalue weighted by Crippen LogP contribution is 2.29. The number of nitrogens with zero attached hydrogens (tertiary/aromatic N) is 3. The molecule has 0 bridgehead atoms. The molecule has 7 nitrogen and oxygen atoms in total. The lowest BCUT2D eigenvalue weighted by atomic mass is 10.2. The summed E-state index contributed by atoms with van der Waals surface area (Å²) < 4.78 is 9.98. The molecular weight excluding hydrogens is 274 g/mol. The third kappa shape index (κ3) is 4.13. The largest absolute Gasteiger partial charge is 0.507 e. The number of carbonyl (C=O) groups excluding carboxylic acids is 1. The molecule has 0 fully saturated rings. The van der Waals surface area contributed by atoms with Gasteiger partial charge in [-0.1, -0.05) is 0 Å². The Kier molecular flexibility index (Phi) is 5.03. The topological polar surface area (TPSA) is 94.4 Å². The van der Waals surface area contributed by atoms with E-state index in [9.17, 15) is 9.90 Å². The molecule has 0 saturated carbocycles. The highest BCUT2D eigenvalue weighted by atomic mass is 16.5. The number of benzene rings is 1. The standard InChI is InChI=1S/C14H15N3O4/c1-20-13(19)3-2-6-21-10-4-5-11(12(18)7-10)14-16-8-15-9-17-14/h4-5,7-9,18H,2-3,6H2,1H3. The smallest absolute Gasteiger partial charge is 0.305 e. The van der Waals surface area contributed by atoms with Crippen LogP contribution in [0.2, 0.25) is 0 Å². The van der Waals surface area contributed by atoms with Crippen molar-refractivity contribution in [3.8, 4) is 22.9 Å². The third-order valence-electron chi connectivity index (χ3n) is 2.73. The zero-order valence-electron chi connectivity index (χ0n) is 11.5. The summed E-state index contributed by atoms with van der Waals surface area (Å²) in [6.07, 6.45) is 3.56. The Morgan fingerprint density at radius 1 is 1.29 bits per heavy atom. The molecule has 21 heavy (non-hydrogen) atoms. The molecule has 7 heteroatoms. The van der Waals surface area contributed by atoms with Crippen molar-refractivity contribution in [1.82, 2.24) is 15.0 Å². The lowest BCUT2D eigenvalue weighted by Crippen LogP contribution is -2.04. The van der Waals surface area contributed by atoms with Crippen molar-refractivity contribution < 1.29 is 19.4 Å².